The Hall–Kier alpha value is -1.92. The van der Waals surface area contributed by atoms with Crippen molar-refractivity contribution >= 4 is 44.9 Å². The molecule has 9 nitrogen and oxygen atoms in total. The first-order valence-corrected chi connectivity index (χ1v) is 10.6. The van der Waals surface area contributed by atoms with E-state index in [-0.39, 0.29) is 33.0 Å². The third-order valence-corrected chi connectivity index (χ3v) is 6.49. The van der Waals surface area contributed by atoms with Crippen molar-refractivity contribution < 1.29 is 18.9 Å². The number of hydrogen-bond donors (Lipinski definition) is 3. The van der Waals surface area contributed by atoms with Gasteiger partial charge in [0.25, 0.3) is 0 Å². The van der Waals surface area contributed by atoms with Gasteiger partial charge in [0.15, 0.2) is 0 Å². The van der Waals surface area contributed by atoms with Crippen molar-refractivity contribution in [3.05, 3.63) is 37.6 Å². The van der Waals surface area contributed by atoms with E-state index in [9.17, 15) is 18.9 Å². The summed E-state index contributed by atoms with van der Waals surface area (Å²) in [4.78, 5) is 28.6. The van der Waals surface area contributed by atoms with Gasteiger partial charge in [0, 0.05) is 0 Å². The average Bonchev–Trinajstić information content (AvgIpc) is 2.69. The third-order valence-electron chi connectivity index (χ3n) is 4.15. The Bertz CT molecular complexity index is 1070. The Kier molecular flexibility index (Phi) is 7.47. The number of halogens is 1. The molecule has 1 unspecified atom stereocenters. The SMILES string of the molecule is [B]=S(=O)(c1c(Cl)ccc(Nc2c(N[C@@H](C)COCC)c(=O)c2=O)c1O)N(C)OC. The van der Waals surface area contributed by atoms with Crippen LogP contribution in [0.25, 0.3) is 0 Å². The van der Waals surface area contributed by atoms with Crippen molar-refractivity contribution in [3.8, 4) is 5.75 Å². The second-order valence-electron chi connectivity index (χ2n) is 6.20. The zero-order chi connectivity index (χ0) is 21.9. The Morgan fingerprint density at radius 1 is 1.31 bits per heavy atom. The zero-order valence-electron chi connectivity index (χ0n) is 16.4. The van der Waals surface area contributed by atoms with Gasteiger partial charge >= 0.3 is 168 Å². The fraction of sp³-hybridized carbons (Fsp3) is 0.412. The molecule has 1 radical (unpaired) electrons. The summed E-state index contributed by atoms with van der Waals surface area (Å²) < 4.78 is 19.0. The van der Waals surface area contributed by atoms with Crippen LogP contribution in [0.15, 0.2) is 26.6 Å². The van der Waals surface area contributed by atoms with Crippen LogP contribution in [-0.4, -0.2) is 53.9 Å². The van der Waals surface area contributed by atoms with Gasteiger partial charge in [-0.15, -0.1) is 0 Å². The van der Waals surface area contributed by atoms with Crippen LogP contribution >= 0.6 is 11.6 Å². The standard InChI is InChI=1S/C17H22BClN3O6S/c1-5-28-8-9(2)20-12-13(16(25)15(12)24)21-11-7-6-10(19)17(14(11)23)29(18,26)22(3)27-4/h6-7,9,20-21,23H,5,8H2,1-4H3/t9-,29?/m0/s1. The number of aromatic hydroxyl groups is 1. The van der Waals surface area contributed by atoms with Gasteiger partial charge in [-0.25, -0.2) is 0 Å². The van der Waals surface area contributed by atoms with E-state index in [2.05, 4.69) is 10.6 Å². The van der Waals surface area contributed by atoms with E-state index in [1.54, 1.807) is 6.92 Å². The molecular weight excluding hydrogens is 421 g/mol. The van der Waals surface area contributed by atoms with Crippen LogP contribution in [0.3, 0.4) is 0 Å². The average molecular weight is 443 g/mol. The second-order valence-corrected chi connectivity index (χ2v) is 8.67. The molecule has 0 aliphatic carbocycles. The van der Waals surface area contributed by atoms with Crippen LogP contribution in [0.2, 0.25) is 5.02 Å². The fourth-order valence-corrected chi connectivity index (χ4v) is 4.23. The molecule has 2 rings (SSSR count). The number of phenols is 1. The molecule has 29 heavy (non-hydrogen) atoms. The quantitative estimate of drug-likeness (QED) is 0.218. The topological polar surface area (TPSA) is 117 Å². The first-order chi connectivity index (χ1) is 13.6. The van der Waals surface area contributed by atoms with Crippen molar-refractivity contribution in [2.24, 2.45) is 0 Å². The molecule has 3 N–H and O–H groups in total. The number of nitrogens with one attached hydrogen (secondary N) is 2. The molecule has 0 saturated heterocycles. The van der Waals surface area contributed by atoms with Gasteiger partial charge in [0.1, 0.15) is 0 Å². The minimum absolute atomic E-state index is 0.000288. The predicted molar refractivity (Wildman–Crippen MR) is 114 cm³/mol. The molecule has 0 heterocycles. The predicted octanol–water partition coefficient (Wildman–Crippen LogP) is 1.36. The molecule has 157 valence electrons. The Morgan fingerprint density at radius 3 is 2.52 bits per heavy atom. The van der Waals surface area contributed by atoms with E-state index in [0.29, 0.717) is 13.2 Å². The number of ether oxygens (including phenoxy) is 1. The van der Waals surface area contributed by atoms with E-state index in [1.165, 1.54) is 26.3 Å². The van der Waals surface area contributed by atoms with Crippen LogP contribution in [0.4, 0.5) is 17.1 Å². The number of benzene rings is 1. The van der Waals surface area contributed by atoms with Gasteiger partial charge in [-0.3, -0.25) is 0 Å². The zero-order valence-corrected chi connectivity index (χ0v) is 18.0. The van der Waals surface area contributed by atoms with E-state index in [4.69, 9.17) is 27.9 Å². The first-order valence-electron chi connectivity index (χ1n) is 8.62. The van der Waals surface area contributed by atoms with Gasteiger partial charge in [-0.05, 0) is 6.92 Å². The number of rotatable bonds is 10. The van der Waals surface area contributed by atoms with Gasteiger partial charge in [0.05, 0.1) is 0 Å². The van der Waals surface area contributed by atoms with Crippen LogP contribution in [-0.2, 0) is 19.1 Å². The number of nitrogens with zero attached hydrogens (tertiary/aromatic N) is 1. The summed E-state index contributed by atoms with van der Waals surface area (Å²) in [7, 11) is -0.955. The first kappa shape index (κ1) is 23.4. The molecule has 0 aliphatic heterocycles. The Labute approximate surface area is 174 Å². The Balaban J connectivity index is 2.40. The molecular formula is C17H22BClN3O6S. The number of anilines is 3. The summed E-state index contributed by atoms with van der Waals surface area (Å²) in [5, 5.41) is 16.2. The van der Waals surface area contributed by atoms with E-state index in [0.717, 1.165) is 4.47 Å². The van der Waals surface area contributed by atoms with Crippen molar-refractivity contribution in [3.63, 3.8) is 0 Å². The van der Waals surface area contributed by atoms with Crippen molar-refractivity contribution in [1.29, 1.82) is 0 Å². The normalized spacial score (nSPS) is 14.7. The summed E-state index contributed by atoms with van der Waals surface area (Å²) in [6.45, 7) is 10.3. The van der Waals surface area contributed by atoms with Crippen molar-refractivity contribution in [2.45, 2.75) is 24.8 Å². The second kappa shape index (κ2) is 9.27. The summed E-state index contributed by atoms with van der Waals surface area (Å²) in [5.41, 5.74) is -1.41. The van der Waals surface area contributed by atoms with Crippen LogP contribution < -0.4 is 21.5 Å². The minimum atomic E-state index is -3.53. The van der Waals surface area contributed by atoms with Gasteiger partial charge in [0.2, 0.25) is 0 Å². The molecule has 2 atom stereocenters. The maximum absolute atomic E-state index is 12.9. The van der Waals surface area contributed by atoms with Crippen LogP contribution in [0.1, 0.15) is 13.8 Å². The van der Waals surface area contributed by atoms with Gasteiger partial charge < -0.3 is 0 Å². The molecule has 0 aromatic heterocycles. The summed E-state index contributed by atoms with van der Waals surface area (Å²) in [6.07, 6.45) is 0. The maximum atomic E-state index is 12.9. The number of phenolic OH excluding ortho intramolecular Hbond substituents is 1. The fourth-order valence-electron chi connectivity index (χ4n) is 2.53. The summed E-state index contributed by atoms with van der Waals surface area (Å²) in [6, 6.07) is 2.49. The summed E-state index contributed by atoms with van der Waals surface area (Å²) in [5.74, 6) is -0.532. The molecule has 0 spiro atoms. The summed E-state index contributed by atoms with van der Waals surface area (Å²) >= 11 is 6.08. The van der Waals surface area contributed by atoms with Crippen molar-refractivity contribution in [2.75, 3.05) is 38.0 Å². The molecule has 0 saturated carbocycles. The molecule has 2 aromatic rings. The van der Waals surface area contributed by atoms with Crippen molar-refractivity contribution in [1.82, 2.24) is 4.47 Å². The molecule has 2 aromatic carbocycles. The molecule has 0 bridgehead atoms. The van der Waals surface area contributed by atoms with Crippen LogP contribution in [0, 0.1) is 0 Å². The third kappa shape index (κ3) is 4.64. The number of hydrogen-bond acceptors (Lipinski definition) is 8. The van der Waals surface area contributed by atoms with Crippen LogP contribution in [0.5, 0.6) is 5.75 Å². The van der Waals surface area contributed by atoms with E-state index in [1.807, 2.05) is 6.92 Å². The molecule has 0 fully saturated rings. The van der Waals surface area contributed by atoms with Gasteiger partial charge in [-0.1, -0.05) is 0 Å². The Morgan fingerprint density at radius 2 is 1.93 bits per heavy atom. The van der Waals surface area contributed by atoms with Gasteiger partial charge in [-0.2, -0.15) is 0 Å². The molecule has 12 heteroatoms. The van der Waals surface area contributed by atoms with E-state index >= 15 is 0 Å². The monoisotopic (exact) mass is 442 g/mol. The number of hydroxylamine groups is 1. The molecule has 0 amide bonds. The van der Waals surface area contributed by atoms with E-state index < -0.39 is 26.2 Å². The molecule has 0 aliphatic rings.